The summed E-state index contributed by atoms with van der Waals surface area (Å²) in [5.74, 6) is 0.373. The van der Waals surface area contributed by atoms with Gasteiger partial charge in [0.25, 0.3) is 5.56 Å². The molecule has 0 radical (unpaired) electrons. The van der Waals surface area contributed by atoms with E-state index in [9.17, 15) is 4.79 Å². The van der Waals surface area contributed by atoms with E-state index in [1.54, 1.807) is 24.3 Å². The van der Waals surface area contributed by atoms with Crippen LogP contribution in [0.1, 0.15) is 0 Å². The van der Waals surface area contributed by atoms with E-state index in [1.165, 1.54) is 0 Å². The number of rotatable bonds is 2. The summed E-state index contributed by atoms with van der Waals surface area (Å²) in [6, 6.07) is 10.5. The number of benzene rings is 2. The highest BCUT2D eigenvalue weighted by molar-refractivity contribution is 14.1. The number of fused-ring (bicyclic) bond motifs is 1. The molecule has 0 fully saturated rings. The third kappa shape index (κ3) is 2.96. The summed E-state index contributed by atoms with van der Waals surface area (Å²) in [5.41, 5.74) is 7.37. The average molecular weight is 413 g/mol. The first-order valence-electron chi connectivity index (χ1n) is 6.04. The van der Waals surface area contributed by atoms with Gasteiger partial charge in [-0.15, -0.1) is 0 Å². The van der Waals surface area contributed by atoms with Crippen molar-refractivity contribution in [3.8, 4) is 0 Å². The fourth-order valence-corrected chi connectivity index (χ4v) is 2.94. The monoisotopic (exact) mass is 412 g/mol. The second kappa shape index (κ2) is 5.53. The van der Waals surface area contributed by atoms with Gasteiger partial charge < -0.3 is 11.1 Å². The predicted octanol–water partition coefficient (Wildman–Crippen LogP) is 3.51. The van der Waals surface area contributed by atoms with Gasteiger partial charge in [-0.25, -0.2) is 4.98 Å². The lowest BCUT2D eigenvalue weighted by atomic mass is 10.2. The molecule has 7 heteroatoms. The second-order valence-electron chi connectivity index (χ2n) is 4.44. The zero-order valence-corrected chi connectivity index (χ0v) is 13.6. The Bertz CT molecular complexity index is 894. The number of hydrogen-bond acceptors (Lipinski definition) is 4. The number of nitrogen functional groups attached to an aromatic ring is 1. The first-order valence-corrected chi connectivity index (χ1v) is 7.50. The van der Waals surface area contributed by atoms with Gasteiger partial charge in [0, 0.05) is 14.3 Å². The molecule has 0 spiro atoms. The smallest absolute Gasteiger partial charge is 0.260 e. The van der Waals surface area contributed by atoms with E-state index in [2.05, 4.69) is 37.9 Å². The van der Waals surface area contributed by atoms with Crippen molar-refractivity contribution in [2.24, 2.45) is 0 Å². The molecule has 0 aliphatic rings. The number of anilines is 3. The highest BCUT2D eigenvalue weighted by Crippen LogP contribution is 2.24. The molecule has 0 saturated heterocycles. The maximum absolute atomic E-state index is 12.1. The fraction of sp³-hybridized carbons (Fsp3) is 0. The summed E-state index contributed by atoms with van der Waals surface area (Å²) >= 11 is 8.08. The van der Waals surface area contributed by atoms with Crippen LogP contribution >= 0.6 is 34.2 Å². The summed E-state index contributed by atoms with van der Waals surface area (Å²) in [4.78, 5) is 19.1. The molecular weight excluding hydrogens is 403 g/mol. The number of H-pyrrole nitrogens is 1. The fourth-order valence-electron chi connectivity index (χ4n) is 1.93. The Morgan fingerprint density at radius 1 is 1.24 bits per heavy atom. The van der Waals surface area contributed by atoms with Crippen LogP contribution < -0.4 is 16.6 Å². The number of hydrogen-bond donors (Lipinski definition) is 3. The van der Waals surface area contributed by atoms with Gasteiger partial charge in [0.1, 0.15) is 0 Å². The van der Waals surface area contributed by atoms with Crippen molar-refractivity contribution in [2.45, 2.75) is 0 Å². The van der Waals surface area contributed by atoms with E-state index in [0.717, 1.165) is 9.26 Å². The Kier molecular flexibility index (Phi) is 3.73. The minimum Gasteiger partial charge on any atom is -0.399 e. The van der Waals surface area contributed by atoms with Gasteiger partial charge in [0.2, 0.25) is 5.95 Å². The van der Waals surface area contributed by atoms with Gasteiger partial charge >= 0.3 is 0 Å². The van der Waals surface area contributed by atoms with Crippen molar-refractivity contribution in [1.29, 1.82) is 0 Å². The molecule has 106 valence electrons. The molecule has 2 aromatic carbocycles. The lowest BCUT2D eigenvalue weighted by Crippen LogP contribution is -2.11. The maximum atomic E-state index is 12.1. The first-order chi connectivity index (χ1) is 10.0. The van der Waals surface area contributed by atoms with Crippen molar-refractivity contribution < 1.29 is 0 Å². The van der Waals surface area contributed by atoms with Gasteiger partial charge in [-0.2, -0.15) is 0 Å². The average Bonchev–Trinajstić information content (AvgIpc) is 2.43. The highest BCUT2D eigenvalue weighted by Gasteiger charge is 2.06. The lowest BCUT2D eigenvalue weighted by molar-refractivity contribution is 1.17. The molecule has 0 saturated carbocycles. The quantitative estimate of drug-likeness (QED) is 0.444. The summed E-state index contributed by atoms with van der Waals surface area (Å²) in [7, 11) is 0. The number of aromatic amines is 1. The van der Waals surface area contributed by atoms with E-state index in [1.807, 2.05) is 12.1 Å². The third-order valence-electron chi connectivity index (χ3n) is 2.91. The summed E-state index contributed by atoms with van der Waals surface area (Å²) in [6.45, 7) is 0. The Morgan fingerprint density at radius 3 is 2.81 bits per heavy atom. The number of aromatic nitrogens is 2. The molecule has 0 amide bonds. The molecular formula is C14H10ClIN4O. The van der Waals surface area contributed by atoms with E-state index < -0.39 is 0 Å². The van der Waals surface area contributed by atoms with Crippen LogP contribution in [0.2, 0.25) is 5.02 Å². The Balaban J connectivity index is 2.05. The Labute approximate surface area is 138 Å². The van der Waals surface area contributed by atoms with E-state index in [4.69, 9.17) is 17.3 Å². The van der Waals surface area contributed by atoms with Crippen molar-refractivity contribution in [2.75, 3.05) is 11.1 Å². The molecule has 5 nitrogen and oxygen atoms in total. The van der Waals surface area contributed by atoms with Crippen molar-refractivity contribution in [3.05, 3.63) is 55.3 Å². The summed E-state index contributed by atoms with van der Waals surface area (Å²) < 4.78 is 0.931. The first kappa shape index (κ1) is 14.2. The molecule has 1 aromatic heterocycles. The van der Waals surface area contributed by atoms with Crippen LogP contribution in [-0.2, 0) is 0 Å². The number of nitrogens with two attached hydrogens (primary N) is 1. The number of nitrogens with one attached hydrogen (secondary N) is 2. The second-order valence-corrected chi connectivity index (χ2v) is 6.04. The Hall–Kier alpha value is -1.80. The third-order valence-corrected chi connectivity index (χ3v) is 4.04. The molecule has 0 bridgehead atoms. The molecule has 0 aliphatic carbocycles. The minimum absolute atomic E-state index is 0.237. The van der Waals surface area contributed by atoms with Crippen LogP contribution in [0.25, 0.3) is 10.9 Å². The number of halogens is 2. The molecule has 0 aliphatic heterocycles. The standard InChI is InChI=1S/C14H10ClIN4O/c15-7-1-3-12(10(16)5-7)19-14-18-11-4-2-8(17)6-9(11)13(21)20-14/h1-6H,17H2,(H2,18,19,20,21). The minimum atomic E-state index is -0.237. The van der Waals surface area contributed by atoms with Crippen molar-refractivity contribution in [3.63, 3.8) is 0 Å². The normalized spacial score (nSPS) is 10.8. The molecule has 4 N–H and O–H groups in total. The topological polar surface area (TPSA) is 83.8 Å². The van der Waals surface area contributed by atoms with Gasteiger partial charge in [0.15, 0.2) is 0 Å². The highest BCUT2D eigenvalue weighted by atomic mass is 127. The van der Waals surface area contributed by atoms with E-state index in [0.29, 0.717) is 27.6 Å². The van der Waals surface area contributed by atoms with Crippen LogP contribution in [0.5, 0.6) is 0 Å². The largest absolute Gasteiger partial charge is 0.399 e. The summed E-state index contributed by atoms with van der Waals surface area (Å²) in [5, 5.41) is 4.20. The maximum Gasteiger partial charge on any atom is 0.260 e. The molecule has 0 atom stereocenters. The van der Waals surface area contributed by atoms with Crippen LogP contribution in [0.3, 0.4) is 0 Å². The zero-order chi connectivity index (χ0) is 15.0. The predicted molar refractivity (Wildman–Crippen MR) is 94.2 cm³/mol. The molecule has 21 heavy (non-hydrogen) atoms. The Morgan fingerprint density at radius 2 is 2.05 bits per heavy atom. The molecule has 1 heterocycles. The molecule has 3 rings (SSSR count). The molecule has 0 unspecified atom stereocenters. The number of nitrogens with zero attached hydrogens (tertiary/aromatic N) is 1. The van der Waals surface area contributed by atoms with Gasteiger partial charge in [-0.3, -0.25) is 9.78 Å². The lowest BCUT2D eigenvalue weighted by Gasteiger charge is -2.08. The summed E-state index contributed by atoms with van der Waals surface area (Å²) in [6.07, 6.45) is 0. The van der Waals surface area contributed by atoms with Crippen LogP contribution in [0.4, 0.5) is 17.3 Å². The van der Waals surface area contributed by atoms with E-state index >= 15 is 0 Å². The van der Waals surface area contributed by atoms with Gasteiger partial charge in [-0.1, -0.05) is 11.6 Å². The van der Waals surface area contributed by atoms with Crippen LogP contribution in [-0.4, -0.2) is 9.97 Å². The van der Waals surface area contributed by atoms with Crippen molar-refractivity contribution >= 4 is 62.4 Å². The zero-order valence-electron chi connectivity index (χ0n) is 10.7. The SMILES string of the molecule is Nc1ccc2nc(Nc3ccc(Cl)cc3I)[nH]c(=O)c2c1. The van der Waals surface area contributed by atoms with Crippen LogP contribution in [0.15, 0.2) is 41.2 Å². The van der Waals surface area contributed by atoms with Crippen LogP contribution in [0, 0.1) is 3.57 Å². The van der Waals surface area contributed by atoms with E-state index in [-0.39, 0.29) is 5.56 Å². The van der Waals surface area contributed by atoms with Gasteiger partial charge in [-0.05, 0) is 59.0 Å². The van der Waals surface area contributed by atoms with Crippen molar-refractivity contribution in [1.82, 2.24) is 9.97 Å². The molecule has 3 aromatic rings. The van der Waals surface area contributed by atoms with Gasteiger partial charge in [0.05, 0.1) is 16.6 Å².